The van der Waals surface area contributed by atoms with Crippen LogP contribution in [0, 0.1) is 0 Å². The van der Waals surface area contributed by atoms with Gasteiger partial charge in [-0.05, 0) is 86.1 Å². The summed E-state index contributed by atoms with van der Waals surface area (Å²) in [5, 5.41) is 10.0. The van der Waals surface area contributed by atoms with E-state index in [0.29, 0.717) is 24.8 Å². The van der Waals surface area contributed by atoms with Gasteiger partial charge in [-0.3, -0.25) is 0 Å². The highest BCUT2D eigenvalue weighted by atomic mass is 16.6. The standard InChI is InChI=1S/C30H33NO4/c1-30(2,3)35-29(33)31-18-25(19-31)34-24-13-9-21(10-14-24)28-26(20-7-5-4-6-8-20)15-11-22-17-23(32)12-16-27(22)28/h4-10,12-14,16-17,25-26,28,32H,11,15,18-19H2,1-3H3/t26-,28+/m0/s1. The van der Waals surface area contributed by atoms with E-state index in [2.05, 4.69) is 48.5 Å². The molecule has 1 heterocycles. The highest BCUT2D eigenvalue weighted by Gasteiger charge is 2.35. The van der Waals surface area contributed by atoms with Gasteiger partial charge in [0.1, 0.15) is 23.2 Å². The first-order valence-corrected chi connectivity index (χ1v) is 12.4. The first-order chi connectivity index (χ1) is 16.8. The summed E-state index contributed by atoms with van der Waals surface area (Å²) in [5.41, 5.74) is 4.59. The quantitative estimate of drug-likeness (QED) is 0.488. The van der Waals surface area contributed by atoms with Crippen molar-refractivity contribution in [1.82, 2.24) is 4.90 Å². The zero-order valence-corrected chi connectivity index (χ0v) is 20.6. The lowest BCUT2D eigenvalue weighted by atomic mass is 9.69. The van der Waals surface area contributed by atoms with Crippen molar-refractivity contribution in [3.05, 3.63) is 95.1 Å². The minimum atomic E-state index is -0.493. The molecule has 5 heteroatoms. The van der Waals surface area contributed by atoms with E-state index in [0.717, 1.165) is 18.6 Å². The number of nitrogens with zero attached hydrogens (tertiary/aromatic N) is 1. The van der Waals surface area contributed by atoms with Crippen LogP contribution in [-0.4, -0.2) is 40.9 Å². The Balaban J connectivity index is 1.31. The third-order valence-corrected chi connectivity index (χ3v) is 6.86. The summed E-state index contributed by atoms with van der Waals surface area (Å²) in [7, 11) is 0. The molecule has 5 nitrogen and oxygen atoms in total. The lowest BCUT2D eigenvalue weighted by molar-refractivity contribution is -0.0221. The summed E-state index contributed by atoms with van der Waals surface area (Å²) in [6, 6.07) is 24.9. The molecule has 2 aliphatic rings. The maximum atomic E-state index is 12.2. The van der Waals surface area contributed by atoms with Gasteiger partial charge in [-0.25, -0.2) is 4.79 Å². The van der Waals surface area contributed by atoms with E-state index in [-0.39, 0.29) is 18.1 Å². The molecule has 1 aliphatic heterocycles. The van der Waals surface area contributed by atoms with Crippen LogP contribution in [0.3, 0.4) is 0 Å². The Hall–Kier alpha value is -3.47. The minimum absolute atomic E-state index is 0.0242. The Morgan fingerprint density at radius 1 is 0.943 bits per heavy atom. The first kappa shape index (κ1) is 23.3. The molecule has 1 fully saturated rings. The summed E-state index contributed by atoms with van der Waals surface area (Å²) < 4.78 is 11.5. The minimum Gasteiger partial charge on any atom is -0.508 e. The largest absolute Gasteiger partial charge is 0.508 e. The summed E-state index contributed by atoms with van der Waals surface area (Å²) in [4.78, 5) is 13.8. The van der Waals surface area contributed by atoms with Gasteiger partial charge >= 0.3 is 6.09 Å². The van der Waals surface area contributed by atoms with Crippen molar-refractivity contribution in [3.8, 4) is 11.5 Å². The summed E-state index contributed by atoms with van der Waals surface area (Å²) in [5.74, 6) is 1.71. The second-order valence-corrected chi connectivity index (χ2v) is 10.6. The summed E-state index contributed by atoms with van der Waals surface area (Å²) in [6.45, 7) is 6.68. The molecular formula is C30H33NO4. The Labute approximate surface area is 207 Å². The number of carbonyl (C=O) groups is 1. The second kappa shape index (κ2) is 9.29. The molecule has 182 valence electrons. The third kappa shape index (κ3) is 5.14. The zero-order valence-electron chi connectivity index (χ0n) is 20.6. The number of ether oxygens (including phenoxy) is 2. The smallest absolute Gasteiger partial charge is 0.410 e. The van der Waals surface area contributed by atoms with Gasteiger partial charge in [0.25, 0.3) is 0 Å². The first-order valence-electron chi connectivity index (χ1n) is 12.4. The second-order valence-electron chi connectivity index (χ2n) is 10.6. The number of aryl methyl sites for hydroxylation is 1. The third-order valence-electron chi connectivity index (χ3n) is 6.86. The van der Waals surface area contributed by atoms with Crippen LogP contribution in [0.1, 0.15) is 61.3 Å². The summed E-state index contributed by atoms with van der Waals surface area (Å²) >= 11 is 0. The van der Waals surface area contributed by atoms with Crippen LogP contribution in [-0.2, 0) is 11.2 Å². The molecule has 3 aromatic rings. The lowest BCUT2D eigenvalue weighted by Crippen LogP contribution is -2.57. The molecule has 0 bridgehead atoms. The Bertz CT molecular complexity index is 1180. The average Bonchev–Trinajstić information content (AvgIpc) is 2.80. The van der Waals surface area contributed by atoms with Crippen LogP contribution in [0.4, 0.5) is 4.79 Å². The van der Waals surface area contributed by atoms with E-state index in [4.69, 9.17) is 9.47 Å². The van der Waals surface area contributed by atoms with Crippen molar-refractivity contribution in [2.24, 2.45) is 0 Å². The number of phenols is 1. The van der Waals surface area contributed by atoms with Crippen molar-refractivity contribution >= 4 is 6.09 Å². The molecule has 1 saturated heterocycles. The number of benzene rings is 3. The fourth-order valence-corrected chi connectivity index (χ4v) is 5.21. The van der Waals surface area contributed by atoms with E-state index in [9.17, 15) is 9.90 Å². The van der Waals surface area contributed by atoms with Gasteiger partial charge < -0.3 is 19.5 Å². The molecular weight excluding hydrogens is 438 g/mol. The van der Waals surface area contributed by atoms with E-state index in [1.807, 2.05) is 39.0 Å². The molecule has 5 rings (SSSR count). The van der Waals surface area contributed by atoms with Gasteiger partial charge in [0, 0.05) is 5.92 Å². The highest BCUT2D eigenvalue weighted by Crippen LogP contribution is 2.47. The fraction of sp³-hybridized carbons (Fsp3) is 0.367. The number of fused-ring (bicyclic) bond motifs is 1. The van der Waals surface area contributed by atoms with Crippen LogP contribution in [0.15, 0.2) is 72.8 Å². The molecule has 0 aromatic heterocycles. The lowest BCUT2D eigenvalue weighted by Gasteiger charge is -2.39. The van der Waals surface area contributed by atoms with Crippen LogP contribution in [0.25, 0.3) is 0 Å². The topological polar surface area (TPSA) is 59.0 Å². The average molecular weight is 472 g/mol. The van der Waals surface area contributed by atoms with Crippen LogP contribution < -0.4 is 4.74 Å². The Morgan fingerprint density at radius 3 is 2.34 bits per heavy atom. The van der Waals surface area contributed by atoms with Crippen LogP contribution in [0.5, 0.6) is 11.5 Å². The van der Waals surface area contributed by atoms with Crippen LogP contribution in [0.2, 0.25) is 0 Å². The number of aromatic hydroxyl groups is 1. The Kier molecular flexibility index (Phi) is 6.18. The number of rotatable bonds is 4. The van der Waals surface area contributed by atoms with Crippen LogP contribution >= 0.6 is 0 Å². The van der Waals surface area contributed by atoms with E-state index in [1.165, 1.54) is 22.3 Å². The van der Waals surface area contributed by atoms with Gasteiger partial charge in [-0.15, -0.1) is 0 Å². The van der Waals surface area contributed by atoms with E-state index >= 15 is 0 Å². The maximum Gasteiger partial charge on any atom is 0.410 e. The van der Waals surface area contributed by atoms with Crippen molar-refractivity contribution < 1.29 is 19.4 Å². The van der Waals surface area contributed by atoms with E-state index in [1.54, 1.807) is 11.0 Å². The van der Waals surface area contributed by atoms with Gasteiger partial charge in [-0.1, -0.05) is 48.5 Å². The molecule has 0 saturated carbocycles. The molecule has 0 unspecified atom stereocenters. The fourth-order valence-electron chi connectivity index (χ4n) is 5.21. The number of likely N-dealkylation sites (tertiary alicyclic amines) is 1. The van der Waals surface area contributed by atoms with E-state index < -0.39 is 5.60 Å². The highest BCUT2D eigenvalue weighted by molar-refractivity contribution is 5.69. The summed E-state index contributed by atoms with van der Waals surface area (Å²) in [6.07, 6.45) is 1.67. The van der Waals surface area contributed by atoms with Gasteiger partial charge in [0.2, 0.25) is 0 Å². The van der Waals surface area contributed by atoms with Gasteiger partial charge in [-0.2, -0.15) is 0 Å². The molecule has 2 atom stereocenters. The van der Waals surface area contributed by atoms with Crippen molar-refractivity contribution in [1.29, 1.82) is 0 Å². The van der Waals surface area contributed by atoms with Gasteiger partial charge in [0.15, 0.2) is 0 Å². The zero-order chi connectivity index (χ0) is 24.6. The molecule has 35 heavy (non-hydrogen) atoms. The van der Waals surface area contributed by atoms with Gasteiger partial charge in [0.05, 0.1) is 13.1 Å². The predicted octanol–water partition coefficient (Wildman–Crippen LogP) is 6.25. The predicted molar refractivity (Wildman–Crippen MR) is 136 cm³/mol. The molecule has 1 amide bonds. The van der Waals surface area contributed by atoms with Crippen molar-refractivity contribution in [2.45, 2.75) is 57.2 Å². The molecule has 1 aliphatic carbocycles. The molecule has 0 radical (unpaired) electrons. The number of carbonyl (C=O) groups excluding carboxylic acids is 1. The number of phenolic OH excluding ortho intramolecular Hbond substituents is 1. The number of amides is 1. The normalized spacial score (nSPS) is 20.0. The molecule has 3 aromatic carbocycles. The molecule has 1 N–H and O–H groups in total. The van der Waals surface area contributed by atoms with Crippen molar-refractivity contribution in [3.63, 3.8) is 0 Å². The molecule has 0 spiro atoms. The number of hydrogen-bond acceptors (Lipinski definition) is 4. The number of hydrogen-bond donors (Lipinski definition) is 1. The monoisotopic (exact) mass is 471 g/mol. The van der Waals surface area contributed by atoms with Crippen molar-refractivity contribution in [2.75, 3.05) is 13.1 Å². The Morgan fingerprint density at radius 2 is 1.66 bits per heavy atom. The SMILES string of the molecule is CC(C)(C)OC(=O)N1CC(Oc2ccc([C@H]3c4ccc(O)cc4CC[C@H]3c3ccccc3)cc2)C1. The maximum absolute atomic E-state index is 12.2.